The van der Waals surface area contributed by atoms with Gasteiger partial charge in [0.05, 0.1) is 17.7 Å². The highest BCUT2D eigenvalue weighted by Crippen LogP contribution is 2.27. The number of carbonyl (C=O) groups is 2. The third-order valence-corrected chi connectivity index (χ3v) is 8.39. The van der Waals surface area contributed by atoms with Gasteiger partial charge in [0.1, 0.15) is 18.3 Å². The predicted octanol–water partition coefficient (Wildman–Crippen LogP) is 4.84. The minimum Gasteiger partial charge on any atom is -0.497 e. The Kier molecular flexibility index (Phi) is 10.5. The Morgan fingerprint density at radius 2 is 1.62 bits per heavy atom. The largest absolute Gasteiger partial charge is 0.497 e. The molecule has 3 rings (SSSR count). The molecule has 0 heterocycles. The average molecular weight is 617 g/mol. The van der Waals surface area contributed by atoms with E-state index < -0.39 is 28.5 Å². The van der Waals surface area contributed by atoms with Crippen molar-refractivity contribution in [1.29, 1.82) is 0 Å². The molecule has 39 heavy (non-hydrogen) atoms. The lowest BCUT2D eigenvalue weighted by molar-refractivity contribution is -0.139. The minimum absolute atomic E-state index is 0.0443. The van der Waals surface area contributed by atoms with E-state index >= 15 is 0 Å². The van der Waals surface area contributed by atoms with Crippen LogP contribution in [0.2, 0.25) is 0 Å². The summed E-state index contributed by atoms with van der Waals surface area (Å²) in [6, 6.07) is 21.0. The number of nitrogens with zero attached hydrogens (tertiary/aromatic N) is 2. The van der Waals surface area contributed by atoms with E-state index in [0.717, 1.165) is 14.3 Å². The van der Waals surface area contributed by atoms with E-state index in [0.29, 0.717) is 12.3 Å². The second-order valence-corrected chi connectivity index (χ2v) is 12.3. The summed E-state index contributed by atoms with van der Waals surface area (Å²) >= 11 is 3.41. The van der Waals surface area contributed by atoms with Gasteiger partial charge in [-0.1, -0.05) is 66.2 Å². The van der Waals surface area contributed by atoms with Crippen LogP contribution in [0.4, 0.5) is 5.69 Å². The van der Waals surface area contributed by atoms with Gasteiger partial charge in [-0.3, -0.25) is 13.9 Å². The van der Waals surface area contributed by atoms with Crippen molar-refractivity contribution in [3.8, 4) is 5.75 Å². The molecule has 0 aromatic heterocycles. The number of anilines is 1. The summed E-state index contributed by atoms with van der Waals surface area (Å²) in [4.78, 5) is 28.4. The summed E-state index contributed by atoms with van der Waals surface area (Å²) in [5.74, 6) is -0.154. The van der Waals surface area contributed by atoms with E-state index in [4.69, 9.17) is 4.74 Å². The zero-order valence-corrected chi connectivity index (χ0v) is 24.9. The summed E-state index contributed by atoms with van der Waals surface area (Å²) in [5, 5.41) is 2.88. The zero-order chi connectivity index (χ0) is 28.6. The van der Waals surface area contributed by atoms with Crippen LogP contribution in [0, 0.1) is 5.92 Å². The number of sulfonamides is 1. The van der Waals surface area contributed by atoms with Gasteiger partial charge in [-0.25, -0.2) is 8.42 Å². The van der Waals surface area contributed by atoms with Gasteiger partial charge < -0.3 is 15.0 Å². The van der Waals surface area contributed by atoms with Crippen LogP contribution in [-0.4, -0.2) is 51.4 Å². The molecular formula is C29H34BrN3O5S. The lowest BCUT2D eigenvalue weighted by Crippen LogP contribution is -2.51. The molecule has 208 valence electrons. The van der Waals surface area contributed by atoms with Crippen molar-refractivity contribution in [1.82, 2.24) is 10.2 Å². The van der Waals surface area contributed by atoms with Crippen molar-refractivity contribution in [2.24, 2.45) is 5.92 Å². The maximum Gasteiger partial charge on any atom is 0.264 e. The van der Waals surface area contributed by atoms with E-state index in [1.807, 2.05) is 38.1 Å². The molecule has 2 amide bonds. The first-order valence-electron chi connectivity index (χ1n) is 12.6. The molecule has 3 aromatic rings. The summed E-state index contributed by atoms with van der Waals surface area (Å²) in [7, 11) is -2.65. The Morgan fingerprint density at radius 1 is 0.949 bits per heavy atom. The molecule has 8 nitrogen and oxygen atoms in total. The number of benzene rings is 3. The van der Waals surface area contributed by atoms with Crippen LogP contribution in [-0.2, 0) is 26.2 Å². The number of nitrogens with one attached hydrogen (secondary N) is 1. The van der Waals surface area contributed by atoms with Crippen LogP contribution >= 0.6 is 15.9 Å². The van der Waals surface area contributed by atoms with Gasteiger partial charge in [0, 0.05) is 23.6 Å². The molecule has 3 aromatic carbocycles. The molecular weight excluding hydrogens is 582 g/mol. The quantitative estimate of drug-likeness (QED) is 0.314. The number of hydrogen-bond acceptors (Lipinski definition) is 5. The molecule has 0 saturated heterocycles. The number of rotatable bonds is 12. The summed E-state index contributed by atoms with van der Waals surface area (Å²) in [6.45, 7) is 5.69. The number of amides is 2. The van der Waals surface area contributed by atoms with E-state index in [9.17, 15) is 18.0 Å². The van der Waals surface area contributed by atoms with Gasteiger partial charge in [0.25, 0.3) is 10.0 Å². The smallest absolute Gasteiger partial charge is 0.264 e. The van der Waals surface area contributed by atoms with Crippen molar-refractivity contribution in [2.75, 3.05) is 24.5 Å². The van der Waals surface area contributed by atoms with Crippen molar-refractivity contribution >= 4 is 43.5 Å². The van der Waals surface area contributed by atoms with Crippen LogP contribution in [0.25, 0.3) is 0 Å². The SMILES string of the molecule is COc1cccc(N(CC(=O)N(Cc2ccc(Br)cc2)[C@@H](C)C(=O)NCC(C)C)S(=O)(=O)c2ccccc2)c1. The van der Waals surface area contributed by atoms with Crippen molar-refractivity contribution in [3.63, 3.8) is 0 Å². The van der Waals surface area contributed by atoms with Crippen LogP contribution in [0.3, 0.4) is 0 Å². The third-order valence-electron chi connectivity index (χ3n) is 6.07. The Hall–Kier alpha value is -3.37. The lowest BCUT2D eigenvalue weighted by Gasteiger charge is -2.32. The van der Waals surface area contributed by atoms with Gasteiger partial charge in [-0.05, 0) is 54.8 Å². The second-order valence-electron chi connectivity index (χ2n) is 9.49. The minimum atomic E-state index is -4.13. The molecule has 0 unspecified atom stereocenters. The molecule has 0 fully saturated rings. The summed E-state index contributed by atoms with van der Waals surface area (Å²) in [6.07, 6.45) is 0. The fourth-order valence-electron chi connectivity index (χ4n) is 3.84. The Morgan fingerprint density at radius 3 is 2.23 bits per heavy atom. The fraction of sp³-hybridized carbons (Fsp3) is 0.310. The molecule has 1 atom stereocenters. The number of ether oxygens (including phenoxy) is 1. The average Bonchev–Trinajstić information content (AvgIpc) is 2.94. The first-order chi connectivity index (χ1) is 18.5. The fourth-order valence-corrected chi connectivity index (χ4v) is 5.53. The van der Waals surface area contributed by atoms with Gasteiger partial charge in [-0.2, -0.15) is 0 Å². The highest BCUT2D eigenvalue weighted by molar-refractivity contribution is 9.10. The zero-order valence-electron chi connectivity index (χ0n) is 22.5. The summed E-state index contributed by atoms with van der Waals surface area (Å²) < 4.78 is 34.8. The van der Waals surface area contributed by atoms with Crippen molar-refractivity contribution < 1.29 is 22.7 Å². The number of carbonyl (C=O) groups excluding carboxylic acids is 2. The monoisotopic (exact) mass is 615 g/mol. The number of methoxy groups -OCH3 is 1. The van der Waals surface area contributed by atoms with Crippen LogP contribution in [0.15, 0.2) is 88.2 Å². The second kappa shape index (κ2) is 13.6. The van der Waals surface area contributed by atoms with E-state index in [2.05, 4.69) is 21.2 Å². The molecule has 0 bridgehead atoms. The predicted molar refractivity (Wildman–Crippen MR) is 156 cm³/mol. The molecule has 1 N–H and O–H groups in total. The number of hydrogen-bond donors (Lipinski definition) is 1. The highest BCUT2D eigenvalue weighted by Gasteiger charge is 2.32. The third kappa shape index (κ3) is 8.06. The van der Waals surface area contributed by atoms with E-state index in [1.54, 1.807) is 49.4 Å². The Balaban J connectivity index is 2.01. The van der Waals surface area contributed by atoms with Gasteiger partial charge in [-0.15, -0.1) is 0 Å². The van der Waals surface area contributed by atoms with E-state index in [-0.39, 0.29) is 29.0 Å². The van der Waals surface area contributed by atoms with Gasteiger partial charge in [0.15, 0.2) is 0 Å². The molecule has 0 radical (unpaired) electrons. The van der Waals surface area contributed by atoms with Crippen LogP contribution in [0.5, 0.6) is 5.75 Å². The maximum absolute atomic E-state index is 13.9. The Labute approximate surface area is 239 Å². The van der Waals surface area contributed by atoms with Crippen molar-refractivity contribution in [2.45, 2.75) is 38.3 Å². The van der Waals surface area contributed by atoms with Gasteiger partial charge >= 0.3 is 0 Å². The first kappa shape index (κ1) is 30.2. The molecule has 10 heteroatoms. The molecule has 0 aliphatic heterocycles. The highest BCUT2D eigenvalue weighted by atomic mass is 79.9. The number of halogens is 1. The maximum atomic E-state index is 13.9. The van der Waals surface area contributed by atoms with Gasteiger partial charge in [0.2, 0.25) is 11.8 Å². The summed E-state index contributed by atoms with van der Waals surface area (Å²) in [5.41, 5.74) is 1.07. The topological polar surface area (TPSA) is 96.0 Å². The normalized spacial score (nSPS) is 12.1. The first-order valence-corrected chi connectivity index (χ1v) is 14.8. The standard InChI is InChI=1S/C29H34BrN3O5S/c1-21(2)18-31-29(35)22(3)32(19-23-13-15-24(30)16-14-23)28(34)20-33(25-9-8-10-26(17-25)38-4)39(36,37)27-11-6-5-7-12-27/h5-17,21-22H,18-20H2,1-4H3,(H,31,35)/t22-/m0/s1. The van der Waals surface area contributed by atoms with Crippen LogP contribution < -0.4 is 14.4 Å². The molecule has 0 saturated carbocycles. The Bertz CT molecular complexity index is 1370. The molecule has 0 aliphatic carbocycles. The lowest BCUT2D eigenvalue weighted by atomic mass is 10.1. The molecule has 0 aliphatic rings. The molecule has 0 spiro atoms. The van der Waals surface area contributed by atoms with E-state index in [1.165, 1.54) is 24.1 Å². The van der Waals surface area contributed by atoms with Crippen LogP contribution in [0.1, 0.15) is 26.3 Å². The van der Waals surface area contributed by atoms with Crippen molar-refractivity contribution in [3.05, 3.63) is 88.9 Å².